The number of hydrogen-bond acceptors (Lipinski definition) is 4. The van der Waals surface area contributed by atoms with E-state index in [0.29, 0.717) is 27.7 Å². The van der Waals surface area contributed by atoms with E-state index in [1.165, 1.54) is 9.21 Å². The molecule has 0 bridgehead atoms. The van der Waals surface area contributed by atoms with Crippen molar-refractivity contribution in [2.45, 2.75) is 82.3 Å². The van der Waals surface area contributed by atoms with Crippen LogP contribution in [0.3, 0.4) is 0 Å². The third-order valence-electron chi connectivity index (χ3n) is 9.11. The molecule has 1 atom stereocenters. The van der Waals surface area contributed by atoms with E-state index in [1.54, 1.807) is 54.6 Å². The molecule has 1 fully saturated rings. The van der Waals surface area contributed by atoms with Gasteiger partial charge < -0.3 is 10.2 Å². The number of aryl methyl sites for hydroxylation is 2. The maximum atomic E-state index is 14.8. The molecule has 1 N–H and O–H groups in total. The van der Waals surface area contributed by atoms with Crippen LogP contribution in [-0.4, -0.2) is 43.8 Å². The number of nitrogens with one attached hydrogen (secondary N) is 1. The summed E-state index contributed by atoms with van der Waals surface area (Å²) in [4.78, 5) is 30.7. The van der Waals surface area contributed by atoms with Gasteiger partial charge >= 0.3 is 0 Å². The number of benzene rings is 4. The maximum Gasteiger partial charge on any atom is 0.264 e. The van der Waals surface area contributed by atoms with Crippen molar-refractivity contribution in [3.63, 3.8) is 0 Å². The van der Waals surface area contributed by atoms with E-state index in [4.69, 9.17) is 23.2 Å². The Hall–Kier alpha value is -3.85. The first kappa shape index (κ1) is 36.4. The zero-order valence-electron chi connectivity index (χ0n) is 27.9. The molecule has 0 aliphatic heterocycles. The minimum atomic E-state index is -4.20. The number of carbonyl (C=O) groups excluding carboxylic acids is 2. The summed E-state index contributed by atoms with van der Waals surface area (Å²) in [5.41, 5.74) is 3.55. The van der Waals surface area contributed by atoms with E-state index >= 15 is 0 Å². The number of sulfonamides is 1. The monoisotopic (exact) mass is 719 g/mol. The minimum Gasteiger partial charge on any atom is -0.352 e. The summed E-state index contributed by atoms with van der Waals surface area (Å²) in [6.45, 7) is 3.27. The molecule has 4 aromatic carbocycles. The largest absolute Gasteiger partial charge is 0.352 e. The number of nitrogens with zero attached hydrogens (tertiary/aromatic N) is 2. The maximum absolute atomic E-state index is 14.8. The van der Waals surface area contributed by atoms with Crippen molar-refractivity contribution >= 4 is 50.7 Å². The van der Waals surface area contributed by atoms with Gasteiger partial charge in [-0.3, -0.25) is 13.9 Å². The first-order valence-electron chi connectivity index (χ1n) is 16.8. The molecular weight excluding hydrogens is 677 g/mol. The minimum absolute atomic E-state index is 0.00504. The van der Waals surface area contributed by atoms with Crippen molar-refractivity contribution in [2.75, 3.05) is 10.8 Å². The molecular formula is C39H43Cl2N3O4S. The lowest BCUT2D eigenvalue weighted by Crippen LogP contribution is -2.55. The zero-order chi connectivity index (χ0) is 35.0. The summed E-state index contributed by atoms with van der Waals surface area (Å²) >= 11 is 12.9. The van der Waals surface area contributed by atoms with E-state index in [1.807, 2.05) is 56.3 Å². The number of anilines is 1. The molecule has 1 saturated carbocycles. The summed E-state index contributed by atoms with van der Waals surface area (Å²) in [7, 11) is -4.20. The second kappa shape index (κ2) is 16.7. The lowest BCUT2D eigenvalue weighted by atomic mass is 9.94. The zero-order valence-corrected chi connectivity index (χ0v) is 30.3. The van der Waals surface area contributed by atoms with Crippen LogP contribution >= 0.6 is 23.2 Å². The van der Waals surface area contributed by atoms with Crippen LogP contribution < -0.4 is 9.62 Å². The highest BCUT2D eigenvalue weighted by Crippen LogP contribution is 2.30. The number of amides is 2. The van der Waals surface area contributed by atoms with Gasteiger partial charge in [-0.25, -0.2) is 8.42 Å². The van der Waals surface area contributed by atoms with Gasteiger partial charge in [0.2, 0.25) is 11.8 Å². The van der Waals surface area contributed by atoms with Gasteiger partial charge in [0.1, 0.15) is 12.6 Å². The summed E-state index contributed by atoms with van der Waals surface area (Å²) in [6, 6.07) is 27.4. The molecule has 0 radical (unpaired) electrons. The molecule has 2 amide bonds. The Morgan fingerprint density at radius 2 is 1.53 bits per heavy atom. The molecule has 0 heterocycles. The number of rotatable bonds is 13. The second-order valence-electron chi connectivity index (χ2n) is 12.6. The Bertz CT molecular complexity index is 1850. The molecule has 4 aromatic rings. The van der Waals surface area contributed by atoms with Crippen molar-refractivity contribution in [3.05, 3.63) is 129 Å². The highest BCUT2D eigenvalue weighted by molar-refractivity contribution is 7.92. The van der Waals surface area contributed by atoms with Crippen molar-refractivity contribution in [3.8, 4) is 0 Å². The van der Waals surface area contributed by atoms with Crippen LogP contribution in [0, 0.1) is 6.92 Å². The predicted molar refractivity (Wildman–Crippen MR) is 197 cm³/mol. The molecule has 258 valence electrons. The topological polar surface area (TPSA) is 86.8 Å². The lowest BCUT2D eigenvalue weighted by molar-refractivity contribution is -0.140. The molecule has 0 saturated heterocycles. The van der Waals surface area contributed by atoms with Gasteiger partial charge in [-0.2, -0.15) is 0 Å². The number of carbonyl (C=O) groups is 2. The van der Waals surface area contributed by atoms with Gasteiger partial charge in [-0.1, -0.05) is 122 Å². The molecule has 1 aliphatic rings. The molecule has 5 rings (SSSR count). The third kappa shape index (κ3) is 9.24. The van der Waals surface area contributed by atoms with Crippen molar-refractivity contribution in [1.82, 2.24) is 10.2 Å². The quantitative estimate of drug-likeness (QED) is 0.151. The standard InChI is InChI=1S/C39H43Cl2N3O4S/c1-3-30-14-10-11-17-36(30)44(49(47,48)34-22-18-28(2)19-23-34)27-38(45)43(26-31-20-21-32(40)25-35(31)41)37(24-29-12-6-4-7-13-29)39(46)42-33-15-8-5-9-16-33/h4,6-7,10-14,17-23,25,33,37H,3,5,8-9,15-16,24,26-27H2,1-2H3,(H,42,46)/t37-/m1/s1. The van der Waals surface area contributed by atoms with Crippen molar-refractivity contribution in [2.24, 2.45) is 0 Å². The van der Waals surface area contributed by atoms with Crippen LogP contribution in [0.4, 0.5) is 5.69 Å². The Balaban J connectivity index is 1.60. The average molecular weight is 721 g/mol. The van der Waals surface area contributed by atoms with E-state index < -0.39 is 28.5 Å². The molecule has 10 heteroatoms. The fourth-order valence-corrected chi connectivity index (χ4v) is 8.26. The van der Waals surface area contributed by atoms with Gasteiger partial charge in [-0.15, -0.1) is 0 Å². The molecule has 0 aromatic heterocycles. The predicted octanol–water partition coefficient (Wildman–Crippen LogP) is 8.15. The highest BCUT2D eigenvalue weighted by atomic mass is 35.5. The van der Waals surface area contributed by atoms with E-state index in [2.05, 4.69) is 5.32 Å². The second-order valence-corrected chi connectivity index (χ2v) is 15.3. The first-order valence-corrected chi connectivity index (χ1v) is 19.0. The van der Waals surface area contributed by atoms with Crippen LogP contribution in [0.25, 0.3) is 0 Å². The molecule has 0 spiro atoms. The van der Waals surface area contributed by atoms with E-state index in [9.17, 15) is 18.0 Å². The van der Waals surface area contributed by atoms with Gasteiger partial charge in [0.15, 0.2) is 0 Å². The van der Waals surface area contributed by atoms with Gasteiger partial charge in [0, 0.05) is 29.1 Å². The Kier molecular flexibility index (Phi) is 12.4. The Labute approximate surface area is 300 Å². The normalized spacial score (nSPS) is 14.2. The summed E-state index contributed by atoms with van der Waals surface area (Å²) in [5.74, 6) is -0.816. The van der Waals surface area contributed by atoms with Crippen LogP contribution in [-0.2, 0) is 39.0 Å². The third-order valence-corrected chi connectivity index (χ3v) is 11.5. The number of hydrogen-bond donors (Lipinski definition) is 1. The SMILES string of the molecule is CCc1ccccc1N(CC(=O)N(Cc1ccc(Cl)cc1Cl)[C@H](Cc1ccccc1)C(=O)NC1CCCCC1)S(=O)(=O)c1ccc(C)cc1. The van der Waals surface area contributed by atoms with Crippen molar-refractivity contribution in [1.29, 1.82) is 0 Å². The van der Waals surface area contributed by atoms with Crippen LogP contribution in [0.1, 0.15) is 61.3 Å². The molecule has 1 aliphatic carbocycles. The summed E-state index contributed by atoms with van der Waals surface area (Å²) in [6.07, 6.45) is 5.71. The van der Waals surface area contributed by atoms with Crippen LogP contribution in [0.5, 0.6) is 0 Å². The molecule has 49 heavy (non-hydrogen) atoms. The van der Waals surface area contributed by atoms with E-state index in [-0.39, 0.29) is 29.8 Å². The molecule has 7 nitrogen and oxygen atoms in total. The van der Waals surface area contributed by atoms with Crippen LogP contribution in [0.2, 0.25) is 10.0 Å². The first-order chi connectivity index (χ1) is 23.6. The summed E-state index contributed by atoms with van der Waals surface area (Å²) in [5, 5.41) is 4.01. The number of halogens is 2. The highest BCUT2D eigenvalue weighted by Gasteiger charge is 2.36. The van der Waals surface area contributed by atoms with Gasteiger partial charge in [0.05, 0.1) is 10.6 Å². The average Bonchev–Trinajstić information content (AvgIpc) is 3.10. The smallest absolute Gasteiger partial charge is 0.264 e. The molecule has 0 unspecified atom stereocenters. The van der Waals surface area contributed by atoms with Crippen molar-refractivity contribution < 1.29 is 18.0 Å². The fourth-order valence-electron chi connectivity index (χ4n) is 6.34. The Morgan fingerprint density at radius 3 is 2.20 bits per heavy atom. The van der Waals surface area contributed by atoms with Crippen LogP contribution in [0.15, 0.2) is 102 Å². The summed E-state index contributed by atoms with van der Waals surface area (Å²) < 4.78 is 30.0. The van der Waals surface area contributed by atoms with Gasteiger partial charge in [-0.05, 0) is 73.2 Å². The van der Waals surface area contributed by atoms with Gasteiger partial charge in [0.25, 0.3) is 10.0 Å². The number of para-hydroxylation sites is 1. The fraction of sp³-hybridized carbons (Fsp3) is 0.333. The Morgan fingerprint density at radius 1 is 0.857 bits per heavy atom. The van der Waals surface area contributed by atoms with E-state index in [0.717, 1.165) is 48.8 Å². The lowest BCUT2D eigenvalue weighted by Gasteiger charge is -2.35.